The van der Waals surface area contributed by atoms with Gasteiger partial charge in [0.05, 0.1) is 0 Å². The average Bonchev–Trinajstić information content (AvgIpc) is 2.70. The van der Waals surface area contributed by atoms with Crippen molar-refractivity contribution < 1.29 is 0 Å². The van der Waals surface area contributed by atoms with Gasteiger partial charge in [0.15, 0.2) is 0 Å². The van der Waals surface area contributed by atoms with Crippen LogP contribution in [0.5, 0.6) is 0 Å². The molecule has 2 aliphatic rings. The second-order valence-electron chi connectivity index (χ2n) is 4.43. The Bertz CT molecular complexity index is 133. The van der Waals surface area contributed by atoms with E-state index in [1.807, 2.05) is 0 Å². The Morgan fingerprint density at radius 3 is 2.30 bits per heavy atom. The van der Waals surface area contributed by atoms with Gasteiger partial charge in [-0.15, -0.1) is 0 Å². The highest BCUT2D eigenvalue weighted by molar-refractivity contribution is 5.06. The summed E-state index contributed by atoms with van der Waals surface area (Å²) in [4.78, 5) is 0. The zero-order chi connectivity index (χ0) is 7.19. The van der Waals surface area contributed by atoms with Gasteiger partial charge in [0, 0.05) is 0 Å². The van der Waals surface area contributed by atoms with Crippen LogP contribution >= 0.6 is 0 Å². The molecule has 2 fully saturated rings. The Balaban J connectivity index is 1.90. The second kappa shape index (κ2) is 1.99. The summed E-state index contributed by atoms with van der Waals surface area (Å²) in [6.07, 6.45) is 7.57. The summed E-state index contributed by atoms with van der Waals surface area (Å²) in [5.74, 6) is 2.22. The van der Waals surface area contributed by atoms with Gasteiger partial charge in [-0.3, -0.25) is 0 Å². The van der Waals surface area contributed by atoms with Crippen LogP contribution in [0.1, 0.15) is 46.0 Å². The second-order valence-corrected chi connectivity index (χ2v) is 4.43. The molecule has 0 heteroatoms. The van der Waals surface area contributed by atoms with Crippen molar-refractivity contribution in [2.24, 2.45) is 17.3 Å². The molecule has 0 aromatic carbocycles. The molecule has 2 rings (SSSR count). The summed E-state index contributed by atoms with van der Waals surface area (Å²) in [5.41, 5.74) is 0.883. The Hall–Kier alpha value is 0. The summed E-state index contributed by atoms with van der Waals surface area (Å²) in [6.45, 7) is 4.74. The quantitative estimate of drug-likeness (QED) is 0.561. The third kappa shape index (κ3) is 0.889. The minimum atomic E-state index is 0.883. The van der Waals surface area contributed by atoms with Crippen molar-refractivity contribution in [1.29, 1.82) is 0 Å². The highest BCUT2D eigenvalue weighted by atomic mass is 14.6. The maximum atomic E-state index is 2.42. The van der Waals surface area contributed by atoms with Crippen molar-refractivity contribution in [3.63, 3.8) is 0 Å². The Kier molecular flexibility index (Phi) is 1.33. The molecule has 0 bridgehead atoms. The maximum Gasteiger partial charge on any atom is -0.0266 e. The van der Waals surface area contributed by atoms with Gasteiger partial charge in [-0.1, -0.05) is 20.3 Å². The van der Waals surface area contributed by atoms with Crippen LogP contribution in [-0.2, 0) is 0 Å². The molecule has 58 valence electrons. The Morgan fingerprint density at radius 1 is 1.40 bits per heavy atom. The van der Waals surface area contributed by atoms with Crippen LogP contribution in [0.4, 0.5) is 0 Å². The van der Waals surface area contributed by atoms with Crippen LogP contribution in [0.3, 0.4) is 0 Å². The largest absolute Gasteiger partial charge is 0.0654 e. The molecule has 2 saturated carbocycles. The third-order valence-electron chi connectivity index (χ3n) is 3.54. The highest BCUT2D eigenvalue weighted by Gasteiger charge is 2.56. The number of hydrogen-bond donors (Lipinski definition) is 0. The van der Waals surface area contributed by atoms with Crippen LogP contribution in [0.25, 0.3) is 0 Å². The molecular formula is C10H18. The lowest BCUT2D eigenvalue weighted by atomic mass is 9.93. The van der Waals surface area contributed by atoms with E-state index in [2.05, 4.69) is 13.8 Å². The molecule has 0 aliphatic heterocycles. The van der Waals surface area contributed by atoms with Crippen LogP contribution in [0, 0.1) is 17.3 Å². The Morgan fingerprint density at radius 2 is 2.00 bits per heavy atom. The molecule has 0 nitrogen and oxygen atoms in total. The van der Waals surface area contributed by atoms with Crippen molar-refractivity contribution in [3.8, 4) is 0 Å². The zero-order valence-corrected chi connectivity index (χ0v) is 7.19. The van der Waals surface area contributed by atoms with Gasteiger partial charge in [-0.25, -0.2) is 0 Å². The van der Waals surface area contributed by atoms with E-state index in [-0.39, 0.29) is 0 Å². The van der Waals surface area contributed by atoms with E-state index in [1.54, 1.807) is 19.3 Å². The first-order chi connectivity index (χ1) is 4.78. The van der Waals surface area contributed by atoms with Crippen molar-refractivity contribution in [2.75, 3.05) is 0 Å². The first-order valence-electron chi connectivity index (χ1n) is 4.78. The Labute approximate surface area is 64.0 Å². The topological polar surface area (TPSA) is 0 Å². The first-order valence-corrected chi connectivity index (χ1v) is 4.78. The van der Waals surface area contributed by atoms with Crippen LogP contribution < -0.4 is 0 Å². The smallest absolute Gasteiger partial charge is 0.0266 e. The minimum Gasteiger partial charge on any atom is -0.0654 e. The van der Waals surface area contributed by atoms with E-state index < -0.39 is 0 Å². The molecule has 0 radical (unpaired) electrons. The van der Waals surface area contributed by atoms with Crippen molar-refractivity contribution in [1.82, 2.24) is 0 Å². The maximum absolute atomic E-state index is 2.42. The van der Waals surface area contributed by atoms with E-state index in [0.717, 1.165) is 17.3 Å². The van der Waals surface area contributed by atoms with Crippen molar-refractivity contribution in [3.05, 3.63) is 0 Å². The zero-order valence-electron chi connectivity index (χ0n) is 7.19. The van der Waals surface area contributed by atoms with E-state index in [4.69, 9.17) is 0 Å². The number of rotatable bonds is 3. The molecule has 0 heterocycles. The van der Waals surface area contributed by atoms with E-state index in [0.29, 0.717) is 0 Å². The van der Waals surface area contributed by atoms with Gasteiger partial charge >= 0.3 is 0 Å². The van der Waals surface area contributed by atoms with Crippen LogP contribution in [0.15, 0.2) is 0 Å². The average molecular weight is 138 g/mol. The molecule has 2 aliphatic carbocycles. The molecule has 0 saturated heterocycles. The SMILES string of the molecule is CCCC1(C2CC2C)CC1. The lowest BCUT2D eigenvalue weighted by Gasteiger charge is -2.11. The lowest BCUT2D eigenvalue weighted by Crippen LogP contribution is -2.03. The fraction of sp³-hybridized carbons (Fsp3) is 1.00. The van der Waals surface area contributed by atoms with Gasteiger partial charge in [0.1, 0.15) is 0 Å². The fourth-order valence-corrected chi connectivity index (χ4v) is 2.64. The predicted octanol–water partition coefficient (Wildman–Crippen LogP) is 3.22. The molecule has 0 amide bonds. The van der Waals surface area contributed by atoms with Crippen LogP contribution in [0.2, 0.25) is 0 Å². The minimum absolute atomic E-state index is 0.883. The summed E-state index contributed by atoms with van der Waals surface area (Å²) in [5, 5.41) is 0. The molecule has 10 heavy (non-hydrogen) atoms. The fourth-order valence-electron chi connectivity index (χ4n) is 2.64. The first kappa shape index (κ1) is 6.69. The molecular weight excluding hydrogens is 120 g/mol. The van der Waals surface area contributed by atoms with Crippen molar-refractivity contribution >= 4 is 0 Å². The van der Waals surface area contributed by atoms with Gasteiger partial charge in [0.25, 0.3) is 0 Å². The molecule has 2 unspecified atom stereocenters. The molecule has 0 aromatic rings. The van der Waals surface area contributed by atoms with E-state index >= 15 is 0 Å². The van der Waals surface area contributed by atoms with E-state index in [1.165, 1.54) is 12.8 Å². The molecule has 0 spiro atoms. The predicted molar refractivity (Wildman–Crippen MR) is 43.8 cm³/mol. The summed E-state index contributed by atoms with van der Waals surface area (Å²) >= 11 is 0. The summed E-state index contributed by atoms with van der Waals surface area (Å²) in [6, 6.07) is 0. The van der Waals surface area contributed by atoms with Crippen molar-refractivity contribution in [2.45, 2.75) is 46.0 Å². The van der Waals surface area contributed by atoms with Gasteiger partial charge in [0.2, 0.25) is 0 Å². The monoisotopic (exact) mass is 138 g/mol. The van der Waals surface area contributed by atoms with Gasteiger partial charge < -0.3 is 0 Å². The summed E-state index contributed by atoms with van der Waals surface area (Å²) < 4.78 is 0. The normalized spacial score (nSPS) is 41.4. The molecule has 0 aromatic heterocycles. The highest BCUT2D eigenvalue weighted by Crippen LogP contribution is 2.66. The lowest BCUT2D eigenvalue weighted by molar-refractivity contribution is 0.382. The third-order valence-corrected chi connectivity index (χ3v) is 3.54. The molecule has 2 atom stereocenters. The van der Waals surface area contributed by atoms with Gasteiger partial charge in [-0.2, -0.15) is 0 Å². The van der Waals surface area contributed by atoms with Gasteiger partial charge in [-0.05, 0) is 42.9 Å². The summed E-state index contributed by atoms with van der Waals surface area (Å²) in [7, 11) is 0. The standard InChI is InChI=1S/C10H18/c1-3-4-10(5-6-10)9-7-8(9)2/h8-9H,3-7H2,1-2H3. The van der Waals surface area contributed by atoms with E-state index in [9.17, 15) is 0 Å². The number of hydrogen-bond acceptors (Lipinski definition) is 0. The molecule has 0 N–H and O–H groups in total. The van der Waals surface area contributed by atoms with Crippen LogP contribution in [-0.4, -0.2) is 0 Å².